The first kappa shape index (κ1) is 13.4. The van der Waals surface area contributed by atoms with E-state index in [2.05, 4.69) is 10.3 Å². The molecule has 0 bridgehead atoms. The Labute approximate surface area is 111 Å². The monoisotopic (exact) mass is 277 g/mol. The smallest absolute Gasteiger partial charge is 0.304 e. The van der Waals surface area contributed by atoms with Gasteiger partial charge in [-0.3, -0.25) is 19.7 Å². The molecule has 2 rings (SSSR count). The predicted molar refractivity (Wildman–Crippen MR) is 68.1 cm³/mol. The van der Waals surface area contributed by atoms with Gasteiger partial charge in [0.2, 0.25) is 11.4 Å². The number of H-pyrrole nitrogens is 1. The van der Waals surface area contributed by atoms with Crippen molar-refractivity contribution >= 4 is 17.3 Å². The van der Waals surface area contributed by atoms with Crippen molar-refractivity contribution in [3.8, 4) is 0 Å². The number of nitro groups is 1. The fourth-order valence-corrected chi connectivity index (χ4v) is 1.51. The summed E-state index contributed by atoms with van der Waals surface area (Å²) in [5, 5.41) is 12.8. The van der Waals surface area contributed by atoms with Crippen LogP contribution in [0.5, 0.6) is 0 Å². The minimum Gasteiger partial charge on any atom is -0.321 e. The molecule has 102 valence electrons. The Morgan fingerprint density at radius 3 is 2.65 bits per heavy atom. The molecule has 0 aliphatic carbocycles. The molecule has 7 nitrogen and oxygen atoms in total. The number of rotatable bonds is 3. The van der Waals surface area contributed by atoms with Crippen molar-refractivity contribution < 1.29 is 14.1 Å². The largest absolute Gasteiger partial charge is 0.321 e. The van der Waals surface area contributed by atoms with Gasteiger partial charge in [-0.1, -0.05) is 6.07 Å². The van der Waals surface area contributed by atoms with Gasteiger partial charge in [0.15, 0.2) is 0 Å². The molecule has 1 aromatic carbocycles. The van der Waals surface area contributed by atoms with Gasteiger partial charge in [-0.25, -0.2) is 0 Å². The van der Waals surface area contributed by atoms with Crippen LogP contribution in [-0.4, -0.2) is 15.8 Å². The first-order valence-corrected chi connectivity index (χ1v) is 5.42. The van der Waals surface area contributed by atoms with E-state index in [1.165, 1.54) is 24.3 Å². The molecule has 8 heteroatoms. The van der Waals surface area contributed by atoms with Gasteiger partial charge < -0.3 is 10.3 Å². The van der Waals surface area contributed by atoms with Crippen molar-refractivity contribution in [3.05, 3.63) is 68.4 Å². The second kappa shape index (κ2) is 5.31. The van der Waals surface area contributed by atoms with Crippen LogP contribution in [0.15, 0.2) is 41.2 Å². The number of anilines is 1. The number of aromatic amines is 1. The predicted octanol–water partition coefficient (Wildman–Crippen LogP) is 1.67. The van der Waals surface area contributed by atoms with Gasteiger partial charge in [0, 0.05) is 23.9 Å². The molecule has 1 amide bonds. The van der Waals surface area contributed by atoms with Crippen LogP contribution in [0.2, 0.25) is 0 Å². The van der Waals surface area contributed by atoms with Crippen LogP contribution in [-0.2, 0) is 0 Å². The molecule has 1 heterocycles. The number of amides is 1. The molecule has 2 aromatic rings. The van der Waals surface area contributed by atoms with Gasteiger partial charge in [0.25, 0.3) is 5.91 Å². The Bertz CT molecular complexity index is 741. The molecule has 0 spiro atoms. The van der Waals surface area contributed by atoms with E-state index in [1.54, 1.807) is 0 Å². The van der Waals surface area contributed by atoms with Crippen molar-refractivity contribution in [2.45, 2.75) is 0 Å². The summed E-state index contributed by atoms with van der Waals surface area (Å²) in [6.45, 7) is 0. The van der Waals surface area contributed by atoms with Crippen molar-refractivity contribution in [2.24, 2.45) is 0 Å². The lowest BCUT2D eigenvalue weighted by atomic mass is 10.2. The van der Waals surface area contributed by atoms with Crippen LogP contribution in [0.25, 0.3) is 0 Å². The van der Waals surface area contributed by atoms with E-state index in [4.69, 9.17) is 0 Å². The van der Waals surface area contributed by atoms with Gasteiger partial charge in [-0.05, 0) is 12.1 Å². The zero-order valence-corrected chi connectivity index (χ0v) is 9.92. The van der Waals surface area contributed by atoms with E-state index in [0.29, 0.717) is 0 Å². The molecule has 0 fully saturated rings. The standard InChI is InChI=1S/C12H8FN3O4/c13-8-6-7(4-5-10(8)16(19)20)14-12(18)9-2-1-3-11(17)15-9/h1-6H,(H,14,18)(H,15,17). The average Bonchev–Trinajstić information content (AvgIpc) is 2.38. The van der Waals surface area contributed by atoms with Crippen molar-refractivity contribution in [1.82, 2.24) is 4.98 Å². The van der Waals surface area contributed by atoms with E-state index >= 15 is 0 Å². The third kappa shape index (κ3) is 2.86. The minimum absolute atomic E-state index is 0.00346. The molecule has 0 aliphatic rings. The molecule has 2 N–H and O–H groups in total. The fraction of sp³-hybridized carbons (Fsp3) is 0. The number of carbonyl (C=O) groups excluding carboxylic acids is 1. The zero-order chi connectivity index (χ0) is 14.7. The lowest BCUT2D eigenvalue weighted by Gasteiger charge is -2.05. The summed E-state index contributed by atoms with van der Waals surface area (Å²) in [6, 6.07) is 6.97. The second-order valence-electron chi connectivity index (χ2n) is 3.81. The number of nitrogens with zero attached hydrogens (tertiary/aromatic N) is 1. The Balaban J connectivity index is 2.22. The number of hydrogen-bond donors (Lipinski definition) is 2. The van der Waals surface area contributed by atoms with Crippen molar-refractivity contribution in [2.75, 3.05) is 5.32 Å². The highest BCUT2D eigenvalue weighted by Crippen LogP contribution is 2.20. The Morgan fingerprint density at radius 1 is 1.30 bits per heavy atom. The Morgan fingerprint density at radius 2 is 2.05 bits per heavy atom. The number of pyridine rings is 1. The number of hydrogen-bond acceptors (Lipinski definition) is 4. The number of carbonyl (C=O) groups is 1. The maximum atomic E-state index is 13.4. The maximum Gasteiger partial charge on any atom is 0.304 e. The van der Waals surface area contributed by atoms with Crippen LogP contribution in [0.4, 0.5) is 15.8 Å². The molecule has 1 aromatic heterocycles. The highest BCUT2D eigenvalue weighted by Gasteiger charge is 2.15. The lowest BCUT2D eigenvalue weighted by Crippen LogP contribution is -2.18. The summed E-state index contributed by atoms with van der Waals surface area (Å²) in [7, 11) is 0. The molecule has 0 saturated heterocycles. The van der Waals surface area contributed by atoms with Crippen LogP contribution < -0.4 is 10.9 Å². The van der Waals surface area contributed by atoms with E-state index < -0.39 is 27.9 Å². The average molecular weight is 277 g/mol. The summed E-state index contributed by atoms with van der Waals surface area (Å²) in [5.74, 6) is -1.72. The number of nitro benzene ring substituents is 1. The van der Waals surface area contributed by atoms with Crippen molar-refractivity contribution in [3.63, 3.8) is 0 Å². The van der Waals surface area contributed by atoms with Gasteiger partial charge in [0.05, 0.1) is 4.92 Å². The van der Waals surface area contributed by atoms with Crippen LogP contribution in [0, 0.1) is 15.9 Å². The number of nitrogens with one attached hydrogen (secondary N) is 2. The molecule has 20 heavy (non-hydrogen) atoms. The normalized spacial score (nSPS) is 10.1. The van der Waals surface area contributed by atoms with E-state index in [1.807, 2.05) is 0 Å². The van der Waals surface area contributed by atoms with E-state index in [-0.39, 0.29) is 11.4 Å². The van der Waals surface area contributed by atoms with Crippen LogP contribution >= 0.6 is 0 Å². The third-order valence-corrected chi connectivity index (χ3v) is 2.42. The molecule has 0 unspecified atom stereocenters. The highest BCUT2D eigenvalue weighted by atomic mass is 19.1. The van der Waals surface area contributed by atoms with Crippen LogP contribution in [0.3, 0.4) is 0 Å². The topological polar surface area (TPSA) is 105 Å². The van der Waals surface area contributed by atoms with Gasteiger partial charge in [0.1, 0.15) is 5.69 Å². The summed E-state index contributed by atoms with van der Waals surface area (Å²) in [4.78, 5) is 34.7. The van der Waals surface area contributed by atoms with E-state index in [0.717, 1.165) is 12.1 Å². The molecular weight excluding hydrogens is 269 g/mol. The summed E-state index contributed by atoms with van der Waals surface area (Å²) in [5.41, 5.74) is -1.09. The minimum atomic E-state index is -1.06. The number of benzene rings is 1. The summed E-state index contributed by atoms with van der Waals surface area (Å²) < 4.78 is 13.4. The molecule has 0 aliphatic heterocycles. The Hall–Kier alpha value is -3.03. The zero-order valence-electron chi connectivity index (χ0n) is 9.92. The molecular formula is C12H8FN3O4. The first-order chi connectivity index (χ1) is 9.47. The highest BCUT2D eigenvalue weighted by molar-refractivity contribution is 6.02. The quantitative estimate of drug-likeness (QED) is 0.657. The van der Waals surface area contributed by atoms with Gasteiger partial charge in [-0.15, -0.1) is 0 Å². The molecule has 0 saturated carbocycles. The summed E-state index contributed by atoms with van der Waals surface area (Å²) >= 11 is 0. The van der Waals surface area contributed by atoms with E-state index in [9.17, 15) is 24.1 Å². The summed E-state index contributed by atoms with van der Waals surface area (Å²) in [6.07, 6.45) is 0. The first-order valence-electron chi connectivity index (χ1n) is 5.42. The van der Waals surface area contributed by atoms with Crippen molar-refractivity contribution in [1.29, 1.82) is 0 Å². The van der Waals surface area contributed by atoms with Gasteiger partial charge in [-0.2, -0.15) is 4.39 Å². The molecule has 0 radical (unpaired) electrons. The number of halogens is 1. The number of aromatic nitrogens is 1. The fourth-order valence-electron chi connectivity index (χ4n) is 1.51. The Kier molecular flexibility index (Phi) is 3.56. The third-order valence-electron chi connectivity index (χ3n) is 2.42. The molecule has 0 atom stereocenters. The second-order valence-corrected chi connectivity index (χ2v) is 3.81. The SMILES string of the molecule is O=C(Nc1ccc([N+](=O)[O-])c(F)c1)c1cccc(=O)[nH]1. The maximum absolute atomic E-state index is 13.4. The van der Waals surface area contributed by atoms with Gasteiger partial charge >= 0.3 is 5.69 Å². The van der Waals surface area contributed by atoms with Crippen LogP contribution in [0.1, 0.15) is 10.5 Å². The lowest BCUT2D eigenvalue weighted by molar-refractivity contribution is -0.387.